The van der Waals surface area contributed by atoms with Gasteiger partial charge in [-0.1, -0.05) is 23.8 Å². The molecule has 0 aliphatic carbocycles. The Hall–Kier alpha value is -3.08. The predicted molar refractivity (Wildman–Crippen MR) is 90.3 cm³/mol. The lowest BCUT2D eigenvalue weighted by Gasteiger charge is -2.14. The first kappa shape index (κ1) is 14.5. The number of aryl methyl sites for hydroxylation is 1. The van der Waals surface area contributed by atoms with Crippen molar-refractivity contribution in [3.8, 4) is 5.69 Å². The van der Waals surface area contributed by atoms with Crippen LogP contribution in [0.3, 0.4) is 0 Å². The highest BCUT2D eigenvalue weighted by Crippen LogP contribution is 2.25. The van der Waals surface area contributed by atoms with Crippen molar-refractivity contribution in [2.75, 3.05) is 0 Å². The van der Waals surface area contributed by atoms with Gasteiger partial charge in [0.05, 0.1) is 17.9 Å². The largest absolute Gasteiger partial charge is 0.303 e. The molecule has 0 saturated heterocycles. The zero-order valence-corrected chi connectivity index (χ0v) is 13.0. The van der Waals surface area contributed by atoms with Crippen LogP contribution in [-0.2, 0) is 6.54 Å². The molecular weight excluding hydrogens is 305 g/mol. The van der Waals surface area contributed by atoms with Crippen LogP contribution in [0, 0.1) is 12.7 Å². The third kappa shape index (κ3) is 2.34. The van der Waals surface area contributed by atoms with Gasteiger partial charge >= 0.3 is 0 Å². The van der Waals surface area contributed by atoms with E-state index in [1.54, 1.807) is 24.4 Å². The Morgan fingerprint density at radius 1 is 1.08 bits per heavy atom. The highest BCUT2D eigenvalue weighted by molar-refractivity contribution is 6.15. The summed E-state index contributed by atoms with van der Waals surface area (Å²) in [6, 6.07) is 13.9. The standard InChI is InChI=1S/C19H14FN3O/c1-12-6-7-16-14(10-12)19(13-4-2-3-5-15(13)20)21-11-17-22-18(24)8-9-23(16)17/h2-10H,11H2,1H3. The fraction of sp³-hybridized carbons (Fsp3) is 0.105. The van der Waals surface area contributed by atoms with E-state index in [1.807, 2.05) is 29.7 Å². The molecule has 0 unspecified atom stereocenters. The second-order valence-electron chi connectivity index (χ2n) is 5.72. The molecule has 0 spiro atoms. The molecule has 2 aromatic carbocycles. The Kier molecular flexibility index (Phi) is 3.34. The number of benzene rings is 2. The summed E-state index contributed by atoms with van der Waals surface area (Å²) in [5, 5.41) is 0. The monoisotopic (exact) mass is 319 g/mol. The van der Waals surface area contributed by atoms with Gasteiger partial charge in [-0.25, -0.2) is 4.39 Å². The zero-order chi connectivity index (χ0) is 16.7. The molecule has 0 atom stereocenters. The van der Waals surface area contributed by atoms with Crippen molar-refractivity contribution >= 4 is 5.71 Å². The molecule has 4 rings (SSSR count). The van der Waals surface area contributed by atoms with E-state index >= 15 is 0 Å². The second kappa shape index (κ2) is 5.53. The molecule has 1 aromatic heterocycles. The van der Waals surface area contributed by atoms with Gasteiger partial charge in [-0.2, -0.15) is 4.98 Å². The van der Waals surface area contributed by atoms with Crippen LogP contribution in [0.25, 0.3) is 5.69 Å². The molecular formula is C19H14FN3O. The minimum absolute atomic E-state index is 0.216. The van der Waals surface area contributed by atoms with Gasteiger partial charge in [-0.15, -0.1) is 0 Å². The average molecular weight is 319 g/mol. The molecule has 0 N–H and O–H groups in total. The van der Waals surface area contributed by atoms with Gasteiger partial charge < -0.3 is 4.57 Å². The van der Waals surface area contributed by atoms with E-state index in [9.17, 15) is 9.18 Å². The zero-order valence-electron chi connectivity index (χ0n) is 13.0. The summed E-state index contributed by atoms with van der Waals surface area (Å²) in [5.74, 6) is 0.219. The highest BCUT2D eigenvalue weighted by Gasteiger charge is 2.20. The van der Waals surface area contributed by atoms with Crippen molar-refractivity contribution in [1.29, 1.82) is 0 Å². The number of aliphatic imine (C=N–C) groups is 1. The van der Waals surface area contributed by atoms with Crippen LogP contribution in [0.4, 0.5) is 4.39 Å². The van der Waals surface area contributed by atoms with E-state index in [2.05, 4.69) is 9.98 Å². The van der Waals surface area contributed by atoms with E-state index in [-0.39, 0.29) is 17.9 Å². The molecule has 5 heteroatoms. The first-order chi connectivity index (χ1) is 11.6. The van der Waals surface area contributed by atoms with Crippen molar-refractivity contribution in [3.05, 3.63) is 93.4 Å². The summed E-state index contributed by atoms with van der Waals surface area (Å²) in [7, 11) is 0. The van der Waals surface area contributed by atoms with E-state index in [0.29, 0.717) is 17.1 Å². The highest BCUT2D eigenvalue weighted by atomic mass is 19.1. The van der Waals surface area contributed by atoms with Crippen molar-refractivity contribution < 1.29 is 4.39 Å². The average Bonchev–Trinajstić information content (AvgIpc) is 2.72. The molecule has 1 aliphatic heterocycles. The van der Waals surface area contributed by atoms with Crippen LogP contribution in [0.1, 0.15) is 22.5 Å². The molecule has 2 heterocycles. The van der Waals surface area contributed by atoms with Crippen molar-refractivity contribution in [2.24, 2.45) is 4.99 Å². The van der Waals surface area contributed by atoms with Crippen molar-refractivity contribution in [1.82, 2.24) is 9.55 Å². The fourth-order valence-corrected chi connectivity index (χ4v) is 2.94. The summed E-state index contributed by atoms with van der Waals surface area (Å²) in [6.45, 7) is 2.20. The summed E-state index contributed by atoms with van der Waals surface area (Å²) < 4.78 is 16.2. The number of halogens is 1. The molecule has 24 heavy (non-hydrogen) atoms. The molecule has 1 aliphatic rings. The first-order valence-electron chi connectivity index (χ1n) is 7.63. The lowest BCUT2D eigenvalue weighted by Crippen LogP contribution is -2.15. The molecule has 0 bridgehead atoms. The number of aromatic nitrogens is 2. The van der Waals surface area contributed by atoms with Crippen molar-refractivity contribution in [2.45, 2.75) is 13.5 Å². The van der Waals surface area contributed by atoms with E-state index in [1.165, 1.54) is 12.1 Å². The van der Waals surface area contributed by atoms with Gasteiger partial charge in [-0.3, -0.25) is 9.79 Å². The normalized spacial score (nSPS) is 12.8. The Labute approximate surface area is 138 Å². The summed E-state index contributed by atoms with van der Waals surface area (Å²) >= 11 is 0. The minimum atomic E-state index is -0.322. The number of nitrogens with zero attached hydrogens (tertiary/aromatic N) is 3. The molecule has 4 nitrogen and oxygen atoms in total. The van der Waals surface area contributed by atoms with Gasteiger partial charge in [0.25, 0.3) is 5.56 Å². The van der Waals surface area contributed by atoms with Gasteiger partial charge in [-0.05, 0) is 31.2 Å². The van der Waals surface area contributed by atoms with Gasteiger partial charge in [0, 0.05) is 23.4 Å². The fourth-order valence-electron chi connectivity index (χ4n) is 2.94. The smallest absolute Gasteiger partial charge is 0.272 e. The molecule has 0 amide bonds. The lowest BCUT2D eigenvalue weighted by molar-refractivity contribution is 0.625. The topological polar surface area (TPSA) is 47.2 Å². The SMILES string of the molecule is Cc1ccc2c(c1)C(c1ccccc1F)=NCc1nc(=O)ccn1-2. The number of hydrogen-bond donors (Lipinski definition) is 0. The summed E-state index contributed by atoms with van der Waals surface area (Å²) in [6.07, 6.45) is 1.69. The minimum Gasteiger partial charge on any atom is -0.303 e. The molecule has 0 saturated carbocycles. The Morgan fingerprint density at radius 2 is 1.92 bits per heavy atom. The Bertz CT molecular complexity index is 1040. The van der Waals surface area contributed by atoms with E-state index < -0.39 is 0 Å². The molecule has 3 aromatic rings. The molecule has 118 valence electrons. The van der Waals surface area contributed by atoms with Gasteiger partial charge in [0.1, 0.15) is 11.6 Å². The van der Waals surface area contributed by atoms with Crippen LogP contribution in [0.15, 0.2) is 64.5 Å². The number of rotatable bonds is 1. The maximum absolute atomic E-state index is 14.3. The summed E-state index contributed by atoms with van der Waals surface area (Å²) in [4.78, 5) is 20.2. The third-order valence-electron chi connectivity index (χ3n) is 4.06. The maximum Gasteiger partial charge on any atom is 0.272 e. The predicted octanol–water partition coefficient (Wildman–Crippen LogP) is 3.03. The number of fused-ring (bicyclic) bond motifs is 3. The Balaban J connectivity index is 2.03. The van der Waals surface area contributed by atoms with Crippen LogP contribution >= 0.6 is 0 Å². The van der Waals surface area contributed by atoms with Crippen LogP contribution in [-0.4, -0.2) is 15.3 Å². The second-order valence-corrected chi connectivity index (χ2v) is 5.72. The van der Waals surface area contributed by atoms with Gasteiger partial charge in [0.15, 0.2) is 0 Å². The van der Waals surface area contributed by atoms with E-state index in [0.717, 1.165) is 16.8 Å². The third-order valence-corrected chi connectivity index (χ3v) is 4.06. The molecule has 0 fully saturated rings. The summed E-state index contributed by atoms with van der Waals surface area (Å²) in [5.41, 5.74) is 3.42. The maximum atomic E-state index is 14.3. The lowest BCUT2D eigenvalue weighted by atomic mass is 9.98. The first-order valence-corrected chi connectivity index (χ1v) is 7.63. The van der Waals surface area contributed by atoms with Gasteiger partial charge in [0.2, 0.25) is 0 Å². The molecule has 0 radical (unpaired) electrons. The van der Waals surface area contributed by atoms with Crippen molar-refractivity contribution in [3.63, 3.8) is 0 Å². The van der Waals surface area contributed by atoms with Crippen LogP contribution < -0.4 is 5.56 Å². The van der Waals surface area contributed by atoms with Crippen LogP contribution in [0.2, 0.25) is 0 Å². The van der Waals surface area contributed by atoms with E-state index in [4.69, 9.17) is 0 Å². The van der Waals surface area contributed by atoms with Crippen LogP contribution in [0.5, 0.6) is 0 Å². The Morgan fingerprint density at radius 3 is 2.75 bits per heavy atom. The quantitative estimate of drug-likeness (QED) is 0.692. The number of hydrogen-bond acceptors (Lipinski definition) is 3.